The van der Waals surface area contributed by atoms with Crippen LogP contribution < -0.4 is 0 Å². The van der Waals surface area contributed by atoms with Crippen LogP contribution in [0.2, 0.25) is 0 Å². The molecule has 0 radical (unpaired) electrons. The number of ether oxygens (including phenoxy) is 1. The molecule has 1 amide bonds. The zero-order valence-corrected chi connectivity index (χ0v) is 15.7. The first kappa shape index (κ1) is 20.0. The highest BCUT2D eigenvalue weighted by Gasteiger charge is 2.47. The molecule has 7 nitrogen and oxygen atoms in total. The van der Waals surface area contributed by atoms with E-state index in [2.05, 4.69) is 10.0 Å². The van der Waals surface area contributed by atoms with Gasteiger partial charge in [-0.05, 0) is 59.1 Å². The van der Waals surface area contributed by atoms with Crippen molar-refractivity contribution in [1.29, 1.82) is 0 Å². The first-order valence-corrected chi connectivity index (χ1v) is 8.52. The quantitative estimate of drug-likeness (QED) is 0.465. The Bertz CT molecular complexity index is 738. The third-order valence-corrected chi connectivity index (χ3v) is 4.47. The normalized spacial score (nSPS) is 20.4. The fourth-order valence-corrected chi connectivity index (χ4v) is 3.29. The molecule has 0 aromatic heterocycles. The van der Waals surface area contributed by atoms with Gasteiger partial charge in [0, 0.05) is 16.0 Å². The molecule has 1 fully saturated rings. The van der Waals surface area contributed by atoms with Crippen molar-refractivity contribution in [3.8, 4) is 0 Å². The lowest BCUT2D eigenvalue weighted by atomic mass is 9.99. The molecule has 26 heavy (non-hydrogen) atoms. The first-order chi connectivity index (χ1) is 12.0. The van der Waals surface area contributed by atoms with Crippen LogP contribution in [0.15, 0.2) is 23.3 Å². The van der Waals surface area contributed by atoms with Gasteiger partial charge in [0.15, 0.2) is 0 Å². The number of hydrogen-bond donors (Lipinski definition) is 1. The molecule has 2 rings (SSSR count). The number of benzene rings is 1. The van der Waals surface area contributed by atoms with Gasteiger partial charge in [0.2, 0.25) is 0 Å². The van der Waals surface area contributed by atoms with E-state index in [0.717, 1.165) is 0 Å². The number of hydrogen-bond acceptors (Lipinski definition) is 4. The van der Waals surface area contributed by atoms with Crippen molar-refractivity contribution < 1.29 is 19.0 Å². The van der Waals surface area contributed by atoms with Crippen molar-refractivity contribution in [2.24, 2.45) is 5.11 Å². The zero-order valence-electron chi connectivity index (χ0n) is 15.7. The Morgan fingerprint density at radius 1 is 1.50 bits per heavy atom. The number of aliphatic hydroxyl groups excluding tert-OH is 1. The number of nitrogens with zero attached hydrogens (tertiary/aromatic N) is 4. The minimum Gasteiger partial charge on any atom is -0.444 e. The largest absolute Gasteiger partial charge is 0.444 e. The molecule has 1 aliphatic heterocycles. The fourth-order valence-electron chi connectivity index (χ4n) is 3.29. The Hall–Kier alpha value is -2.31. The third-order valence-electron chi connectivity index (χ3n) is 4.47. The summed E-state index contributed by atoms with van der Waals surface area (Å²) in [5.74, 6) is -0.786. The van der Waals surface area contributed by atoms with Gasteiger partial charge >= 0.3 is 6.09 Å². The molecule has 1 N–H and O–H groups in total. The molecule has 0 bridgehead atoms. The number of amides is 1. The van der Waals surface area contributed by atoms with Gasteiger partial charge in [-0.1, -0.05) is 17.2 Å². The molecular weight excluding hydrogens is 339 g/mol. The lowest BCUT2D eigenvalue weighted by Gasteiger charge is -2.38. The van der Waals surface area contributed by atoms with Crippen molar-refractivity contribution in [3.05, 3.63) is 40.0 Å². The fraction of sp³-hybridized carbons (Fsp3) is 0.611. The summed E-state index contributed by atoms with van der Waals surface area (Å²) in [4.78, 5) is 16.8. The van der Waals surface area contributed by atoms with Crippen molar-refractivity contribution in [1.82, 2.24) is 4.90 Å². The molecule has 1 saturated heterocycles. The maximum Gasteiger partial charge on any atom is 0.411 e. The van der Waals surface area contributed by atoms with E-state index in [4.69, 9.17) is 10.3 Å². The van der Waals surface area contributed by atoms with E-state index in [0.29, 0.717) is 12.8 Å². The lowest BCUT2D eigenvalue weighted by Crippen LogP contribution is -2.50. The number of azide groups is 1. The molecule has 1 heterocycles. The predicted octanol–water partition coefficient (Wildman–Crippen LogP) is 4.98. The average molecular weight is 364 g/mol. The molecule has 0 spiro atoms. The molecule has 1 unspecified atom stereocenters. The van der Waals surface area contributed by atoms with Gasteiger partial charge in [-0.15, -0.1) is 0 Å². The highest BCUT2D eigenvalue weighted by molar-refractivity contribution is 5.70. The monoisotopic (exact) mass is 364 g/mol. The van der Waals surface area contributed by atoms with Gasteiger partial charge in [0.25, 0.3) is 0 Å². The molecule has 1 aromatic carbocycles. The summed E-state index contributed by atoms with van der Waals surface area (Å²) in [5, 5.41) is 14.1. The summed E-state index contributed by atoms with van der Waals surface area (Å²) in [5.41, 5.74) is 7.12. The molecular formula is C18H25FN4O3. The van der Waals surface area contributed by atoms with Crippen LogP contribution in [0.3, 0.4) is 0 Å². The second-order valence-electron chi connectivity index (χ2n) is 8.08. The van der Waals surface area contributed by atoms with E-state index < -0.39 is 35.2 Å². The highest BCUT2D eigenvalue weighted by atomic mass is 19.1. The van der Waals surface area contributed by atoms with E-state index in [1.165, 1.54) is 23.1 Å². The number of aliphatic hydroxyl groups is 1. The van der Waals surface area contributed by atoms with Crippen LogP contribution in [0, 0.1) is 5.82 Å². The Labute approximate surface area is 152 Å². The average Bonchev–Trinajstić information content (AvgIpc) is 2.82. The molecule has 8 heteroatoms. The Morgan fingerprint density at radius 2 is 2.15 bits per heavy atom. The molecule has 0 saturated carbocycles. The van der Waals surface area contributed by atoms with Crippen molar-refractivity contribution in [2.45, 2.75) is 70.7 Å². The maximum atomic E-state index is 14.6. The predicted molar refractivity (Wildman–Crippen MR) is 95.3 cm³/mol. The first-order valence-electron chi connectivity index (χ1n) is 8.52. The van der Waals surface area contributed by atoms with Crippen LogP contribution in [-0.2, 0) is 4.74 Å². The van der Waals surface area contributed by atoms with Crippen molar-refractivity contribution in [3.63, 3.8) is 0 Å². The van der Waals surface area contributed by atoms with E-state index in [9.17, 15) is 14.3 Å². The minimum absolute atomic E-state index is 0.00819. The summed E-state index contributed by atoms with van der Waals surface area (Å²) in [6, 6.07) is 3.62. The Morgan fingerprint density at radius 3 is 2.73 bits per heavy atom. The van der Waals surface area contributed by atoms with Gasteiger partial charge < -0.3 is 9.84 Å². The highest BCUT2D eigenvalue weighted by Crippen LogP contribution is 2.41. The third kappa shape index (κ3) is 4.08. The van der Waals surface area contributed by atoms with Crippen LogP contribution in [0.4, 0.5) is 14.9 Å². The summed E-state index contributed by atoms with van der Waals surface area (Å²) in [6.45, 7) is 9.07. The van der Waals surface area contributed by atoms with Gasteiger partial charge in [-0.3, -0.25) is 4.90 Å². The maximum absolute atomic E-state index is 14.6. The molecule has 2 atom stereocenters. The van der Waals surface area contributed by atoms with Crippen LogP contribution in [0.5, 0.6) is 0 Å². The van der Waals surface area contributed by atoms with Crippen LogP contribution in [0.25, 0.3) is 10.4 Å². The van der Waals surface area contributed by atoms with E-state index in [1.54, 1.807) is 20.8 Å². The second-order valence-corrected chi connectivity index (χ2v) is 8.08. The number of rotatable bonds is 3. The van der Waals surface area contributed by atoms with Crippen molar-refractivity contribution in [2.75, 3.05) is 0 Å². The minimum atomic E-state index is -1.27. The van der Waals surface area contributed by atoms with Gasteiger partial charge in [0.1, 0.15) is 17.5 Å². The standard InChI is InChI=1S/C18H25FN4O3/c1-17(2,3)26-16(25)23-13(9-10-18(23,4)5)15(24)11-7-6-8-12(14(11)19)21-22-20/h6-8,13,15,24H,9-10H2,1-5H3/t13?,15-/m1/s1. The Balaban J connectivity index is 2.38. The number of likely N-dealkylation sites (tertiary alicyclic amines) is 1. The SMILES string of the molecule is CC(C)(C)OC(=O)N1C([C@H](O)c2cccc(N=[N+]=[N-])c2F)CCC1(C)C. The molecule has 0 aliphatic carbocycles. The number of halogens is 1. The summed E-state index contributed by atoms with van der Waals surface area (Å²) < 4.78 is 20.1. The molecule has 142 valence electrons. The summed E-state index contributed by atoms with van der Waals surface area (Å²) in [7, 11) is 0. The summed E-state index contributed by atoms with van der Waals surface area (Å²) in [6.07, 6.45) is -0.668. The lowest BCUT2D eigenvalue weighted by molar-refractivity contribution is -0.0172. The molecule has 1 aromatic rings. The van der Waals surface area contributed by atoms with Crippen LogP contribution >= 0.6 is 0 Å². The Kier molecular flexibility index (Phi) is 5.49. The van der Waals surface area contributed by atoms with Crippen LogP contribution in [0.1, 0.15) is 59.1 Å². The van der Waals surface area contributed by atoms with Gasteiger partial charge in [0.05, 0.1) is 11.7 Å². The van der Waals surface area contributed by atoms with E-state index in [1.807, 2.05) is 13.8 Å². The van der Waals surface area contributed by atoms with Gasteiger partial charge in [-0.2, -0.15) is 0 Å². The smallest absolute Gasteiger partial charge is 0.411 e. The number of carbonyl (C=O) groups excluding carboxylic acids is 1. The zero-order chi connectivity index (χ0) is 19.7. The molecule has 1 aliphatic rings. The number of carbonyl (C=O) groups is 1. The van der Waals surface area contributed by atoms with Crippen molar-refractivity contribution >= 4 is 11.8 Å². The second kappa shape index (κ2) is 7.13. The van der Waals surface area contributed by atoms with E-state index in [-0.39, 0.29) is 11.3 Å². The summed E-state index contributed by atoms with van der Waals surface area (Å²) >= 11 is 0. The van der Waals surface area contributed by atoms with E-state index >= 15 is 0 Å². The van der Waals surface area contributed by atoms with Crippen LogP contribution in [-0.4, -0.2) is 33.3 Å². The van der Waals surface area contributed by atoms with Gasteiger partial charge in [-0.25, -0.2) is 9.18 Å². The topological polar surface area (TPSA) is 98.5 Å².